The molecule has 0 radical (unpaired) electrons. The SMILES string of the molecule is C=CC(=O)N(C)CC(=O)N1CC(O)(C(F)F)C1. The Hall–Kier alpha value is -1.50. The van der Waals surface area contributed by atoms with Crippen molar-refractivity contribution in [3.05, 3.63) is 12.7 Å². The van der Waals surface area contributed by atoms with E-state index < -0.39 is 36.9 Å². The molecule has 5 nitrogen and oxygen atoms in total. The third kappa shape index (κ3) is 2.79. The first-order valence-electron chi connectivity index (χ1n) is 4.96. The molecule has 7 heteroatoms. The molecule has 0 aromatic carbocycles. The molecule has 0 saturated carbocycles. The van der Waals surface area contributed by atoms with Crippen molar-refractivity contribution in [2.24, 2.45) is 0 Å². The van der Waals surface area contributed by atoms with Crippen molar-refractivity contribution in [2.45, 2.75) is 12.0 Å². The summed E-state index contributed by atoms with van der Waals surface area (Å²) >= 11 is 0. The second-order valence-electron chi connectivity index (χ2n) is 4.05. The molecule has 1 fully saturated rings. The Balaban J connectivity index is 2.43. The highest BCUT2D eigenvalue weighted by molar-refractivity contribution is 5.90. The smallest absolute Gasteiger partial charge is 0.270 e. The fourth-order valence-corrected chi connectivity index (χ4v) is 1.47. The lowest BCUT2D eigenvalue weighted by Gasteiger charge is -2.45. The number of β-amino-alcohol motifs (C(OH)–C–C–N with tert-alkyl or cyclic N) is 1. The largest absolute Gasteiger partial charge is 0.380 e. The molecular formula is C10H14F2N2O3. The van der Waals surface area contributed by atoms with E-state index in [9.17, 15) is 23.5 Å². The molecule has 0 aromatic heterocycles. The highest BCUT2D eigenvalue weighted by Gasteiger charge is 2.50. The summed E-state index contributed by atoms with van der Waals surface area (Å²) in [4.78, 5) is 24.8. The third-order valence-corrected chi connectivity index (χ3v) is 2.61. The number of nitrogens with zero attached hydrogens (tertiary/aromatic N) is 2. The second kappa shape index (κ2) is 4.79. The predicted octanol–water partition coefficient (Wildman–Crippen LogP) is -0.531. The lowest BCUT2D eigenvalue weighted by Crippen LogP contribution is -2.68. The average molecular weight is 248 g/mol. The first-order valence-corrected chi connectivity index (χ1v) is 4.96. The highest BCUT2D eigenvalue weighted by atomic mass is 19.3. The van der Waals surface area contributed by atoms with Gasteiger partial charge in [-0.3, -0.25) is 9.59 Å². The number of hydrogen-bond acceptors (Lipinski definition) is 3. The zero-order valence-corrected chi connectivity index (χ0v) is 9.40. The zero-order valence-electron chi connectivity index (χ0n) is 9.40. The number of carbonyl (C=O) groups is 2. The van der Waals surface area contributed by atoms with Crippen molar-refractivity contribution in [1.29, 1.82) is 0 Å². The molecule has 2 amide bonds. The molecular weight excluding hydrogens is 234 g/mol. The number of alkyl halides is 2. The van der Waals surface area contributed by atoms with Crippen LogP contribution in [0.15, 0.2) is 12.7 Å². The van der Waals surface area contributed by atoms with Gasteiger partial charge in [-0.1, -0.05) is 6.58 Å². The van der Waals surface area contributed by atoms with Crippen LogP contribution in [-0.4, -0.2) is 65.4 Å². The van der Waals surface area contributed by atoms with Crippen molar-refractivity contribution >= 4 is 11.8 Å². The second-order valence-corrected chi connectivity index (χ2v) is 4.05. The predicted molar refractivity (Wildman–Crippen MR) is 55.4 cm³/mol. The van der Waals surface area contributed by atoms with E-state index in [2.05, 4.69) is 6.58 Å². The minimum atomic E-state index is -2.88. The molecule has 96 valence electrons. The maximum atomic E-state index is 12.3. The summed E-state index contributed by atoms with van der Waals surface area (Å²) in [5, 5.41) is 9.26. The van der Waals surface area contributed by atoms with Crippen molar-refractivity contribution < 1.29 is 23.5 Å². The van der Waals surface area contributed by atoms with Crippen LogP contribution in [0.25, 0.3) is 0 Å². The first-order chi connectivity index (χ1) is 7.80. The first kappa shape index (κ1) is 13.6. The van der Waals surface area contributed by atoms with Gasteiger partial charge in [-0.25, -0.2) is 8.78 Å². The van der Waals surface area contributed by atoms with Gasteiger partial charge in [0.25, 0.3) is 6.43 Å². The van der Waals surface area contributed by atoms with Gasteiger partial charge in [0.1, 0.15) is 0 Å². The van der Waals surface area contributed by atoms with Crippen LogP contribution in [0.3, 0.4) is 0 Å². The molecule has 0 bridgehead atoms. The minimum absolute atomic E-state index is 0.218. The number of likely N-dealkylation sites (tertiary alicyclic amines) is 1. The summed E-state index contributed by atoms with van der Waals surface area (Å²) in [6, 6.07) is 0. The minimum Gasteiger partial charge on any atom is -0.380 e. The summed E-state index contributed by atoms with van der Waals surface area (Å²) in [6.45, 7) is 2.23. The fraction of sp³-hybridized carbons (Fsp3) is 0.600. The monoisotopic (exact) mass is 248 g/mol. The van der Waals surface area contributed by atoms with Crippen LogP contribution in [0.5, 0.6) is 0 Å². The van der Waals surface area contributed by atoms with E-state index in [0.717, 1.165) is 15.9 Å². The van der Waals surface area contributed by atoms with Gasteiger partial charge in [-0.05, 0) is 6.08 Å². The van der Waals surface area contributed by atoms with Crippen LogP contribution in [0.1, 0.15) is 0 Å². The van der Waals surface area contributed by atoms with E-state index in [-0.39, 0.29) is 6.54 Å². The van der Waals surface area contributed by atoms with Gasteiger partial charge in [0, 0.05) is 7.05 Å². The number of aliphatic hydroxyl groups is 1. The van der Waals surface area contributed by atoms with Gasteiger partial charge in [-0.15, -0.1) is 0 Å². The summed E-state index contributed by atoms with van der Waals surface area (Å²) < 4.78 is 24.6. The van der Waals surface area contributed by atoms with Crippen molar-refractivity contribution in [3.8, 4) is 0 Å². The van der Waals surface area contributed by atoms with Crippen LogP contribution in [0.2, 0.25) is 0 Å². The van der Waals surface area contributed by atoms with Gasteiger partial charge >= 0.3 is 0 Å². The van der Waals surface area contributed by atoms with Crippen LogP contribution in [0, 0.1) is 0 Å². The van der Waals surface area contributed by atoms with E-state index in [1.54, 1.807) is 0 Å². The van der Waals surface area contributed by atoms with Crippen molar-refractivity contribution in [1.82, 2.24) is 9.80 Å². The maximum absolute atomic E-state index is 12.3. The van der Waals surface area contributed by atoms with Crippen molar-refractivity contribution in [2.75, 3.05) is 26.7 Å². The summed E-state index contributed by atoms with van der Waals surface area (Å²) in [7, 11) is 1.40. The molecule has 1 aliphatic heterocycles. The molecule has 0 unspecified atom stereocenters. The van der Waals surface area contributed by atoms with E-state index >= 15 is 0 Å². The Bertz CT molecular complexity index is 340. The van der Waals surface area contributed by atoms with Crippen molar-refractivity contribution in [3.63, 3.8) is 0 Å². The third-order valence-electron chi connectivity index (χ3n) is 2.61. The Kier molecular flexibility index (Phi) is 3.82. The standard InChI is InChI=1S/C10H14F2N2O3/c1-3-7(15)13(2)4-8(16)14-5-10(17,6-14)9(11)12/h3,9,17H,1,4-6H2,2H3. The molecule has 0 aromatic rings. The summed E-state index contributed by atoms with van der Waals surface area (Å²) in [5.74, 6) is -0.906. The van der Waals surface area contributed by atoms with Crippen LogP contribution >= 0.6 is 0 Å². The van der Waals surface area contributed by atoms with Gasteiger partial charge < -0.3 is 14.9 Å². The van der Waals surface area contributed by atoms with E-state index in [0.29, 0.717) is 0 Å². The Morgan fingerprint density at radius 3 is 2.53 bits per heavy atom. The van der Waals surface area contributed by atoms with Gasteiger partial charge in [0.15, 0.2) is 5.60 Å². The Labute approximate surface area is 97.3 Å². The summed E-state index contributed by atoms with van der Waals surface area (Å²) in [5.41, 5.74) is -2.10. The van der Waals surface area contributed by atoms with Crippen LogP contribution < -0.4 is 0 Å². The fourth-order valence-electron chi connectivity index (χ4n) is 1.47. The van der Waals surface area contributed by atoms with Gasteiger partial charge in [-0.2, -0.15) is 0 Å². The number of hydrogen-bond donors (Lipinski definition) is 1. The lowest BCUT2D eigenvalue weighted by atomic mass is 9.95. The number of rotatable bonds is 4. The van der Waals surface area contributed by atoms with E-state index in [1.807, 2.05) is 0 Å². The number of carbonyl (C=O) groups excluding carboxylic acids is 2. The normalized spacial score (nSPS) is 17.6. The molecule has 1 saturated heterocycles. The van der Waals surface area contributed by atoms with Crippen LogP contribution in [0.4, 0.5) is 8.78 Å². The summed E-state index contributed by atoms with van der Waals surface area (Å²) in [6.07, 6.45) is -1.82. The number of likely N-dealkylation sites (N-methyl/N-ethyl adjacent to an activating group) is 1. The topological polar surface area (TPSA) is 60.9 Å². The average Bonchev–Trinajstić information content (AvgIpc) is 2.22. The molecule has 0 aliphatic carbocycles. The number of halogens is 2. The molecule has 1 aliphatic rings. The highest BCUT2D eigenvalue weighted by Crippen LogP contribution is 2.27. The zero-order chi connectivity index (χ0) is 13.2. The quantitative estimate of drug-likeness (QED) is 0.680. The Morgan fingerprint density at radius 1 is 1.59 bits per heavy atom. The number of amides is 2. The Morgan fingerprint density at radius 2 is 2.12 bits per heavy atom. The molecule has 0 atom stereocenters. The molecule has 1 N–H and O–H groups in total. The van der Waals surface area contributed by atoms with Crippen LogP contribution in [-0.2, 0) is 9.59 Å². The van der Waals surface area contributed by atoms with Gasteiger partial charge in [0.2, 0.25) is 11.8 Å². The molecule has 1 rings (SSSR count). The van der Waals surface area contributed by atoms with Gasteiger partial charge in [0.05, 0.1) is 19.6 Å². The molecule has 1 heterocycles. The lowest BCUT2D eigenvalue weighted by molar-refractivity contribution is -0.189. The van der Waals surface area contributed by atoms with E-state index in [4.69, 9.17) is 0 Å². The maximum Gasteiger partial charge on any atom is 0.270 e. The molecule has 0 spiro atoms. The van der Waals surface area contributed by atoms with E-state index in [1.165, 1.54) is 7.05 Å². The molecule has 17 heavy (non-hydrogen) atoms.